The van der Waals surface area contributed by atoms with Crippen LogP contribution in [0.15, 0.2) is 76.7 Å². The molecule has 1 amide bonds. The highest BCUT2D eigenvalue weighted by Gasteiger charge is 2.34. The van der Waals surface area contributed by atoms with Gasteiger partial charge in [-0.15, -0.1) is 0 Å². The van der Waals surface area contributed by atoms with Crippen molar-refractivity contribution in [2.24, 2.45) is 5.10 Å². The maximum atomic E-state index is 13.2. The first kappa shape index (κ1) is 21.1. The molecule has 3 aromatic rings. The Hall–Kier alpha value is -3.16. The van der Waals surface area contributed by atoms with Gasteiger partial charge in [0.2, 0.25) is 5.91 Å². The molecule has 1 N–H and O–H groups in total. The molecule has 0 unspecified atom stereocenters. The zero-order chi connectivity index (χ0) is 22.2. The summed E-state index contributed by atoms with van der Waals surface area (Å²) in [7, 11) is -4.02. The maximum Gasteiger partial charge on any atom is 0.280 e. The molecule has 158 valence electrons. The summed E-state index contributed by atoms with van der Waals surface area (Å²) in [6.45, 7) is 3.39. The molecule has 1 aliphatic rings. The Morgan fingerprint density at radius 2 is 1.77 bits per heavy atom. The van der Waals surface area contributed by atoms with Gasteiger partial charge in [0.1, 0.15) is 12.3 Å². The number of sulfonamides is 1. The van der Waals surface area contributed by atoms with E-state index >= 15 is 0 Å². The predicted molar refractivity (Wildman–Crippen MR) is 122 cm³/mol. The number of anilines is 1. The van der Waals surface area contributed by atoms with Gasteiger partial charge < -0.3 is 5.32 Å². The number of aryl methyl sites for hydroxylation is 2. The lowest BCUT2D eigenvalue weighted by molar-refractivity contribution is -0.116. The molecule has 3 aromatic carbocycles. The molecule has 0 atom stereocenters. The van der Waals surface area contributed by atoms with Crippen molar-refractivity contribution in [1.82, 2.24) is 4.41 Å². The molecular formula is C23H20ClN3O3S. The zero-order valence-electron chi connectivity index (χ0n) is 17.0. The number of halogens is 1. The number of amides is 1. The van der Waals surface area contributed by atoms with E-state index in [0.29, 0.717) is 22.0 Å². The molecule has 0 saturated carbocycles. The van der Waals surface area contributed by atoms with Gasteiger partial charge in [-0.3, -0.25) is 4.79 Å². The third-order valence-corrected chi connectivity index (χ3v) is 6.86. The number of hydrogen-bond donors (Lipinski definition) is 1. The van der Waals surface area contributed by atoms with Crippen molar-refractivity contribution in [1.29, 1.82) is 0 Å². The molecule has 0 radical (unpaired) electrons. The number of fused-ring (bicyclic) bond motifs is 1. The van der Waals surface area contributed by atoms with Crippen LogP contribution in [0.2, 0.25) is 5.02 Å². The predicted octanol–water partition coefficient (Wildman–Crippen LogP) is 4.35. The van der Waals surface area contributed by atoms with Crippen LogP contribution in [0.1, 0.15) is 22.3 Å². The summed E-state index contributed by atoms with van der Waals surface area (Å²) in [5.41, 5.74) is 4.16. The van der Waals surface area contributed by atoms with E-state index in [9.17, 15) is 13.2 Å². The van der Waals surface area contributed by atoms with Crippen molar-refractivity contribution < 1.29 is 13.2 Å². The average Bonchev–Trinajstić information content (AvgIpc) is 2.72. The standard InChI is InChI=1S/C23H20ClN3O3S/c1-15-8-10-20(16(2)12-15)25-22(28)14-27-26-23(17-6-4-3-5-7-17)19-13-18(24)9-11-21(19)31(27,29)30/h3-13H,14H2,1-2H3,(H,25,28). The smallest absolute Gasteiger partial charge is 0.280 e. The van der Waals surface area contributed by atoms with Crippen molar-refractivity contribution in [3.8, 4) is 0 Å². The zero-order valence-corrected chi connectivity index (χ0v) is 18.5. The van der Waals surface area contributed by atoms with Crippen molar-refractivity contribution in [3.63, 3.8) is 0 Å². The van der Waals surface area contributed by atoms with Crippen LogP contribution in [0.5, 0.6) is 0 Å². The van der Waals surface area contributed by atoms with Crippen LogP contribution in [-0.4, -0.2) is 31.0 Å². The van der Waals surface area contributed by atoms with E-state index in [4.69, 9.17) is 11.6 Å². The second-order valence-corrected chi connectivity index (χ2v) is 9.55. The Morgan fingerprint density at radius 3 is 2.48 bits per heavy atom. The minimum absolute atomic E-state index is 0.0602. The van der Waals surface area contributed by atoms with Gasteiger partial charge in [-0.05, 0) is 43.7 Å². The van der Waals surface area contributed by atoms with Gasteiger partial charge in [0, 0.05) is 21.8 Å². The SMILES string of the molecule is Cc1ccc(NC(=O)CN2N=C(c3ccccc3)c3cc(Cl)ccc3S2(=O)=O)c(C)c1. The summed E-state index contributed by atoms with van der Waals surface area (Å²) in [5, 5.41) is 7.52. The van der Waals surface area contributed by atoms with Crippen LogP contribution in [0, 0.1) is 13.8 Å². The third kappa shape index (κ3) is 4.19. The molecule has 1 aliphatic heterocycles. The summed E-state index contributed by atoms with van der Waals surface area (Å²) >= 11 is 6.13. The summed E-state index contributed by atoms with van der Waals surface area (Å²) in [6.07, 6.45) is 0. The minimum Gasteiger partial charge on any atom is -0.324 e. The van der Waals surface area contributed by atoms with E-state index in [0.717, 1.165) is 21.1 Å². The molecule has 0 aliphatic carbocycles. The molecule has 8 heteroatoms. The van der Waals surface area contributed by atoms with Gasteiger partial charge >= 0.3 is 0 Å². The summed E-state index contributed by atoms with van der Waals surface area (Å²) < 4.78 is 27.2. The van der Waals surface area contributed by atoms with Crippen LogP contribution in [0.4, 0.5) is 5.69 Å². The highest BCUT2D eigenvalue weighted by molar-refractivity contribution is 7.89. The second-order valence-electron chi connectivity index (χ2n) is 7.31. The van der Waals surface area contributed by atoms with E-state index in [1.807, 2.05) is 56.3 Å². The minimum atomic E-state index is -4.02. The van der Waals surface area contributed by atoms with Gasteiger partial charge in [-0.25, -0.2) is 0 Å². The summed E-state index contributed by atoms with van der Waals surface area (Å²) in [6, 6.07) is 19.3. The first-order valence-electron chi connectivity index (χ1n) is 9.59. The molecule has 6 nitrogen and oxygen atoms in total. The number of benzene rings is 3. The number of rotatable bonds is 4. The van der Waals surface area contributed by atoms with Crippen molar-refractivity contribution in [3.05, 3.63) is 94.0 Å². The number of carbonyl (C=O) groups is 1. The summed E-state index contributed by atoms with van der Waals surface area (Å²) in [4.78, 5) is 12.8. The number of nitrogens with zero attached hydrogens (tertiary/aromatic N) is 2. The van der Waals surface area contributed by atoms with E-state index < -0.39 is 22.5 Å². The Balaban J connectivity index is 1.71. The molecule has 1 heterocycles. The lowest BCUT2D eigenvalue weighted by atomic mass is 10.0. The largest absolute Gasteiger partial charge is 0.324 e. The van der Waals surface area contributed by atoms with E-state index in [1.165, 1.54) is 12.1 Å². The van der Waals surface area contributed by atoms with E-state index in [2.05, 4.69) is 10.4 Å². The third-order valence-electron chi connectivity index (χ3n) is 4.95. The van der Waals surface area contributed by atoms with Crippen LogP contribution >= 0.6 is 11.6 Å². The number of hydrazone groups is 1. The van der Waals surface area contributed by atoms with Gasteiger partial charge in [0.25, 0.3) is 10.0 Å². The quantitative estimate of drug-likeness (QED) is 0.637. The van der Waals surface area contributed by atoms with E-state index in [1.54, 1.807) is 12.1 Å². The highest BCUT2D eigenvalue weighted by Crippen LogP contribution is 2.31. The molecule has 0 bridgehead atoms. The molecule has 0 fully saturated rings. The van der Waals surface area contributed by atoms with Crippen LogP contribution < -0.4 is 5.32 Å². The molecule has 0 saturated heterocycles. The monoisotopic (exact) mass is 453 g/mol. The fraction of sp³-hybridized carbons (Fsp3) is 0.130. The van der Waals surface area contributed by atoms with Crippen LogP contribution in [0.3, 0.4) is 0 Å². The van der Waals surface area contributed by atoms with Crippen LogP contribution in [0.25, 0.3) is 0 Å². The number of carbonyl (C=O) groups excluding carboxylic acids is 1. The molecule has 0 spiro atoms. The normalized spacial score (nSPS) is 14.5. The Kier molecular flexibility index (Phi) is 5.56. The number of hydrogen-bond acceptors (Lipinski definition) is 4. The first-order chi connectivity index (χ1) is 14.8. The van der Waals surface area contributed by atoms with E-state index in [-0.39, 0.29) is 4.90 Å². The molecule has 31 heavy (non-hydrogen) atoms. The van der Waals surface area contributed by atoms with Gasteiger partial charge in [0.05, 0.1) is 4.90 Å². The number of nitrogens with one attached hydrogen (secondary N) is 1. The Morgan fingerprint density at radius 1 is 1.03 bits per heavy atom. The van der Waals surface area contributed by atoms with Crippen molar-refractivity contribution >= 4 is 38.9 Å². The van der Waals surface area contributed by atoms with Crippen LogP contribution in [-0.2, 0) is 14.8 Å². The fourth-order valence-electron chi connectivity index (χ4n) is 3.44. The van der Waals surface area contributed by atoms with Gasteiger partial charge in [-0.1, -0.05) is 59.6 Å². The topological polar surface area (TPSA) is 78.8 Å². The first-order valence-corrected chi connectivity index (χ1v) is 11.4. The lowest BCUT2D eigenvalue weighted by Gasteiger charge is -2.27. The Labute approximate surface area is 186 Å². The molecule has 4 rings (SSSR count). The van der Waals surface area contributed by atoms with Crippen molar-refractivity contribution in [2.45, 2.75) is 18.7 Å². The molecular weight excluding hydrogens is 434 g/mol. The van der Waals surface area contributed by atoms with Gasteiger partial charge in [-0.2, -0.15) is 17.9 Å². The second kappa shape index (κ2) is 8.17. The average molecular weight is 454 g/mol. The lowest BCUT2D eigenvalue weighted by Crippen LogP contribution is -2.38. The highest BCUT2D eigenvalue weighted by atomic mass is 35.5. The summed E-state index contributed by atoms with van der Waals surface area (Å²) in [5.74, 6) is -0.482. The fourth-order valence-corrected chi connectivity index (χ4v) is 4.99. The Bertz CT molecular complexity index is 1300. The maximum absolute atomic E-state index is 13.2. The van der Waals surface area contributed by atoms with Crippen molar-refractivity contribution in [2.75, 3.05) is 11.9 Å². The molecule has 0 aromatic heterocycles. The van der Waals surface area contributed by atoms with Gasteiger partial charge in [0.15, 0.2) is 0 Å².